The second kappa shape index (κ2) is 9.45. The monoisotopic (exact) mass is 440 g/mol. The first kappa shape index (κ1) is 24.0. The van der Waals surface area contributed by atoms with Gasteiger partial charge in [0.05, 0.1) is 6.04 Å². The molecule has 3 rings (SSSR count). The number of carbonyl (C=O) groups is 3. The summed E-state index contributed by atoms with van der Waals surface area (Å²) in [4.78, 5) is 40.4. The molecule has 0 bridgehead atoms. The molecule has 0 aromatic heterocycles. The molecule has 1 unspecified atom stereocenters. The maximum Gasteiger partial charge on any atom is 0.246 e. The van der Waals surface area contributed by atoms with E-state index in [1.165, 1.54) is 16.0 Å². The van der Waals surface area contributed by atoms with Crippen molar-refractivity contribution in [2.24, 2.45) is 11.1 Å². The van der Waals surface area contributed by atoms with E-state index >= 15 is 0 Å². The van der Waals surface area contributed by atoms with Gasteiger partial charge in [-0.2, -0.15) is 0 Å². The van der Waals surface area contributed by atoms with E-state index in [0.717, 1.165) is 36.8 Å². The summed E-state index contributed by atoms with van der Waals surface area (Å²) in [5, 5.41) is 5.77. The standard InChI is InChI=1S/C25H36N4O3/c1-15(27-5)23(31)28-21(25(2,3)4)24(32)29-14-13-19(20(29)22(26)30)18-12-8-10-16-9-6-7-11-17(16)18/h8,10,12-13,15,20-21,27H,6-7,9,11,14H2,1-5H3,(H2,26,30)(H,28,31)/t15-,20-,21?/m0/s1. The molecule has 0 fully saturated rings. The second-order valence-electron chi connectivity index (χ2n) is 9.92. The topological polar surface area (TPSA) is 105 Å². The van der Waals surface area contributed by atoms with Gasteiger partial charge in [-0.25, -0.2) is 0 Å². The van der Waals surface area contributed by atoms with Crippen LogP contribution >= 0.6 is 0 Å². The summed E-state index contributed by atoms with van der Waals surface area (Å²) in [6.07, 6.45) is 6.21. The van der Waals surface area contributed by atoms with Gasteiger partial charge in [0.25, 0.3) is 0 Å². The number of nitrogens with one attached hydrogen (secondary N) is 2. The number of fused-ring (bicyclic) bond motifs is 1. The maximum absolute atomic E-state index is 13.7. The average Bonchev–Trinajstić information content (AvgIpc) is 3.20. The van der Waals surface area contributed by atoms with E-state index in [0.29, 0.717) is 0 Å². The molecule has 1 aliphatic heterocycles. The van der Waals surface area contributed by atoms with Gasteiger partial charge < -0.3 is 21.3 Å². The number of primary amides is 1. The molecule has 0 saturated heterocycles. The third kappa shape index (κ3) is 4.72. The van der Waals surface area contributed by atoms with E-state index in [1.807, 2.05) is 39.0 Å². The Bertz CT molecular complexity index is 932. The predicted molar refractivity (Wildman–Crippen MR) is 126 cm³/mol. The molecule has 1 aromatic carbocycles. The number of carbonyl (C=O) groups excluding carboxylic acids is 3. The van der Waals surface area contributed by atoms with Crippen molar-refractivity contribution in [2.45, 2.75) is 71.5 Å². The van der Waals surface area contributed by atoms with Crippen LogP contribution in [0.2, 0.25) is 0 Å². The highest BCUT2D eigenvalue weighted by atomic mass is 16.2. The number of nitrogens with two attached hydrogens (primary N) is 1. The molecular weight excluding hydrogens is 404 g/mol. The van der Waals surface area contributed by atoms with Gasteiger partial charge in [0, 0.05) is 6.54 Å². The summed E-state index contributed by atoms with van der Waals surface area (Å²) in [6, 6.07) is 4.11. The number of amides is 3. The van der Waals surface area contributed by atoms with E-state index in [-0.39, 0.29) is 18.4 Å². The highest BCUT2D eigenvalue weighted by Crippen LogP contribution is 2.35. The van der Waals surface area contributed by atoms with Crippen LogP contribution in [-0.2, 0) is 27.2 Å². The van der Waals surface area contributed by atoms with Crippen molar-refractivity contribution in [2.75, 3.05) is 13.6 Å². The van der Waals surface area contributed by atoms with Crippen LogP contribution < -0.4 is 16.4 Å². The normalized spacial score (nSPS) is 20.2. The Labute approximate surface area is 190 Å². The Morgan fingerprint density at radius 2 is 1.84 bits per heavy atom. The Balaban J connectivity index is 1.92. The van der Waals surface area contributed by atoms with Gasteiger partial charge in [0.2, 0.25) is 17.7 Å². The predicted octanol–water partition coefficient (Wildman–Crippen LogP) is 1.78. The first-order chi connectivity index (χ1) is 15.1. The Kier molecular flexibility index (Phi) is 7.08. The minimum Gasteiger partial charge on any atom is -0.368 e. The summed E-state index contributed by atoms with van der Waals surface area (Å²) < 4.78 is 0. The van der Waals surface area contributed by atoms with Crippen LogP contribution in [0, 0.1) is 5.41 Å². The fourth-order valence-corrected chi connectivity index (χ4v) is 4.63. The molecule has 0 saturated carbocycles. The Morgan fingerprint density at radius 1 is 1.16 bits per heavy atom. The summed E-state index contributed by atoms with van der Waals surface area (Å²) in [6.45, 7) is 7.72. The minimum absolute atomic E-state index is 0.263. The van der Waals surface area contributed by atoms with Crippen LogP contribution in [0.3, 0.4) is 0 Å². The van der Waals surface area contributed by atoms with Crippen molar-refractivity contribution < 1.29 is 14.4 Å². The molecular formula is C25H36N4O3. The molecule has 1 heterocycles. The molecule has 3 atom stereocenters. The summed E-state index contributed by atoms with van der Waals surface area (Å²) in [5.74, 6) is -1.12. The van der Waals surface area contributed by atoms with Gasteiger partial charge in [0.15, 0.2) is 0 Å². The fourth-order valence-electron chi connectivity index (χ4n) is 4.63. The van der Waals surface area contributed by atoms with Gasteiger partial charge in [-0.1, -0.05) is 45.0 Å². The van der Waals surface area contributed by atoms with Crippen LogP contribution in [0.15, 0.2) is 24.3 Å². The van der Waals surface area contributed by atoms with Crippen LogP contribution in [0.25, 0.3) is 5.57 Å². The second-order valence-corrected chi connectivity index (χ2v) is 9.92. The van der Waals surface area contributed by atoms with Crippen LogP contribution in [0.5, 0.6) is 0 Å². The van der Waals surface area contributed by atoms with E-state index in [9.17, 15) is 14.4 Å². The fraction of sp³-hybridized carbons (Fsp3) is 0.560. The molecule has 1 aromatic rings. The number of benzene rings is 1. The zero-order valence-electron chi connectivity index (χ0n) is 19.8. The number of hydrogen-bond donors (Lipinski definition) is 3. The minimum atomic E-state index is -0.848. The number of rotatable bonds is 6. The molecule has 1 aliphatic carbocycles. The van der Waals surface area contributed by atoms with Gasteiger partial charge in [-0.05, 0) is 67.3 Å². The maximum atomic E-state index is 13.7. The summed E-state index contributed by atoms with van der Waals surface area (Å²) in [7, 11) is 1.69. The number of aryl methyl sites for hydroxylation is 1. The SMILES string of the molecule is CN[C@@H](C)C(=O)NC(C(=O)N1CC=C(c2cccc3c2CCCC3)[C@H]1C(N)=O)C(C)(C)C. The first-order valence-corrected chi connectivity index (χ1v) is 11.4. The van der Waals surface area contributed by atoms with E-state index < -0.39 is 29.4 Å². The lowest BCUT2D eigenvalue weighted by Gasteiger charge is -2.36. The van der Waals surface area contributed by atoms with Crippen LogP contribution in [-0.4, -0.2) is 54.3 Å². The Hall–Kier alpha value is -2.67. The van der Waals surface area contributed by atoms with E-state index in [1.54, 1.807) is 14.0 Å². The van der Waals surface area contributed by atoms with Gasteiger partial charge in [-0.15, -0.1) is 0 Å². The molecule has 0 spiro atoms. The number of hydrogen-bond acceptors (Lipinski definition) is 4. The molecule has 7 nitrogen and oxygen atoms in total. The quantitative estimate of drug-likeness (QED) is 0.627. The van der Waals surface area contributed by atoms with Crippen molar-refractivity contribution in [3.63, 3.8) is 0 Å². The Morgan fingerprint density at radius 3 is 2.47 bits per heavy atom. The smallest absolute Gasteiger partial charge is 0.246 e. The molecule has 7 heteroatoms. The largest absolute Gasteiger partial charge is 0.368 e. The lowest BCUT2D eigenvalue weighted by atomic mass is 9.83. The summed E-state index contributed by atoms with van der Waals surface area (Å²) in [5.41, 5.74) is 9.68. The lowest BCUT2D eigenvalue weighted by molar-refractivity contribution is -0.142. The van der Waals surface area contributed by atoms with E-state index in [4.69, 9.17) is 5.73 Å². The van der Waals surface area contributed by atoms with Crippen molar-refractivity contribution in [3.05, 3.63) is 41.0 Å². The average molecular weight is 441 g/mol. The van der Waals surface area contributed by atoms with Crippen molar-refractivity contribution >= 4 is 23.3 Å². The zero-order valence-corrected chi connectivity index (χ0v) is 19.8. The number of nitrogens with zero attached hydrogens (tertiary/aromatic N) is 1. The first-order valence-electron chi connectivity index (χ1n) is 11.4. The zero-order chi connectivity index (χ0) is 23.6. The molecule has 2 aliphatic rings. The molecule has 4 N–H and O–H groups in total. The highest BCUT2D eigenvalue weighted by Gasteiger charge is 2.43. The van der Waals surface area contributed by atoms with Crippen molar-refractivity contribution in [1.29, 1.82) is 0 Å². The molecule has 32 heavy (non-hydrogen) atoms. The third-order valence-electron chi connectivity index (χ3n) is 6.60. The number of likely N-dealkylation sites (N-methyl/N-ethyl adjacent to an activating group) is 1. The molecule has 0 radical (unpaired) electrons. The van der Waals surface area contributed by atoms with Gasteiger partial charge >= 0.3 is 0 Å². The lowest BCUT2D eigenvalue weighted by Crippen LogP contribution is -2.59. The highest BCUT2D eigenvalue weighted by molar-refractivity contribution is 6.02. The van der Waals surface area contributed by atoms with Crippen LogP contribution in [0.4, 0.5) is 0 Å². The van der Waals surface area contributed by atoms with Gasteiger partial charge in [-0.3, -0.25) is 14.4 Å². The van der Waals surface area contributed by atoms with E-state index in [2.05, 4.69) is 16.7 Å². The molecule has 3 amide bonds. The van der Waals surface area contributed by atoms with Crippen LogP contribution in [0.1, 0.15) is 57.2 Å². The summed E-state index contributed by atoms with van der Waals surface area (Å²) >= 11 is 0. The van der Waals surface area contributed by atoms with Gasteiger partial charge in [0.1, 0.15) is 12.1 Å². The third-order valence-corrected chi connectivity index (χ3v) is 6.60. The van der Waals surface area contributed by atoms with Crippen molar-refractivity contribution in [3.8, 4) is 0 Å². The molecule has 174 valence electrons. The van der Waals surface area contributed by atoms with Crippen molar-refractivity contribution in [1.82, 2.24) is 15.5 Å².